The molecule has 108 valence electrons. The van der Waals surface area contributed by atoms with E-state index in [1.165, 1.54) is 0 Å². The Balaban J connectivity index is 2.03. The summed E-state index contributed by atoms with van der Waals surface area (Å²) in [6.45, 7) is 3.15. The van der Waals surface area contributed by atoms with E-state index in [1.54, 1.807) is 18.9 Å². The molecule has 0 aromatic heterocycles. The number of benzene rings is 1. The van der Waals surface area contributed by atoms with Crippen LogP contribution in [0.25, 0.3) is 0 Å². The highest BCUT2D eigenvalue weighted by atomic mass is 16.5. The number of methoxy groups -OCH3 is 1. The van der Waals surface area contributed by atoms with Gasteiger partial charge in [-0.25, -0.2) is 0 Å². The summed E-state index contributed by atoms with van der Waals surface area (Å²) in [6, 6.07) is 7.78. The molecule has 0 fully saturated rings. The van der Waals surface area contributed by atoms with Crippen LogP contribution in [0.15, 0.2) is 24.3 Å². The number of hydrogen-bond donors (Lipinski definition) is 1. The quantitative estimate of drug-likeness (QED) is 0.824. The van der Waals surface area contributed by atoms with E-state index in [9.17, 15) is 9.59 Å². The second kappa shape index (κ2) is 6.52. The minimum Gasteiger partial charge on any atom is -0.383 e. The standard InChI is InChI=1S/C15H20N2O3/c1-11(18)17-10-12(9-15(19)16-7-8-20-2)13-5-3-4-6-14(13)17/h3-6,12H,7-10H2,1-2H3,(H,16,19). The maximum atomic E-state index is 11.9. The Morgan fingerprint density at radius 1 is 1.40 bits per heavy atom. The van der Waals surface area contributed by atoms with Crippen molar-refractivity contribution < 1.29 is 14.3 Å². The Morgan fingerprint density at radius 3 is 2.85 bits per heavy atom. The van der Waals surface area contributed by atoms with Crippen LogP contribution < -0.4 is 10.2 Å². The molecule has 1 unspecified atom stereocenters. The average Bonchev–Trinajstić information content (AvgIpc) is 2.78. The van der Waals surface area contributed by atoms with Gasteiger partial charge in [-0.2, -0.15) is 0 Å². The summed E-state index contributed by atoms with van der Waals surface area (Å²) in [7, 11) is 1.60. The normalized spacial score (nSPS) is 16.9. The maximum absolute atomic E-state index is 11.9. The Morgan fingerprint density at radius 2 is 2.15 bits per heavy atom. The van der Waals surface area contributed by atoms with Gasteiger partial charge in [0.1, 0.15) is 0 Å². The number of para-hydroxylation sites is 1. The molecule has 0 saturated heterocycles. The highest BCUT2D eigenvalue weighted by Gasteiger charge is 2.31. The van der Waals surface area contributed by atoms with Crippen molar-refractivity contribution in [3.63, 3.8) is 0 Å². The maximum Gasteiger partial charge on any atom is 0.223 e. The van der Waals surface area contributed by atoms with Gasteiger partial charge >= 0.3 is 0 Å². The van der Waals surface area contributed by atoms with Crippen LogP contribution in [0, 0.1) is 0 Å². The van der Waals surface area contributed by atoms with Gasteiger partial charge in [0.25, 0.3) is 0 Å². The zero-order valence-corrected chi connectivity index (χ0v) is 11.9. The summed E-state index contributed by atoms with van der Waals surface area (Å²) >= 11 is 0. The van der Waals surface area contributed by atoms with Crippen molar-refractivity contribution in [2.24, 2.45) is 0 Å². The molecule has 1 aliphatic rings. The van der Waals surface area contributed by atoms with E-state index in [-0.39, 0.29) is 17.7 Å². The van der Waals surface area contributed by atoms with Crippen molar-refractivity contribution in [1.29, 1.82) is 0 Å². The van der Waals surface area contributed by atoms with E-state index in [4.69, 9.17) is 4.74 Å². The van der Waals surface area contributed by atoms with Crippen LogP contribution in [0.4, 0.5) is 5.69 Å². The van der Waals surface area contributed by atoms with Crippen molar-refractivity contribution in [3.05, 3.63) is 29.8 Å². The van der Waals surface area contributed by atoms with Crippen molar-refractivity contribution >= 4 is 17.5 Å². The van der Waals surface area contributed by atoms with Gasteiger partial charge in [-0.1, -0.05) is 18.2 Å². The van der Waals surface area contributed by atoms with E-state index < -0.39 is 0 Å². The molecule has 1 heterocycles. The number of hydrogen-bond acceptors (Lipinski definition) is 3. The Bertz CT molecular complexity index is 502. The summed E-state index contributed by atoms with van der Waals surface area (Å²) in [5, 5.41) is 2.82. The first-order valence-corrected chi connectivity index (χ1v) is 6.76. The molecule has 1 N–H and O–H groups in total. The van der Waals surface area contributed by atoms with E-state index in [2.05, 4.69) is 5.32 Å². The van der Waals surface area contributed by atoms with Crippen LogP contribution in [-0.2, 0) is 14.3 Å². The first-order valence-electron chi connectivity index (χ1n) is 6.76. The number of nitrogens with one attached hydrogen (secondary N) is 1. The molecule has 0 radical (unpaired) electrons. The molecule has 5 nitrogen and oxygen atoms in total. The number of amides is 2. The van der Waals surface area contributed by atoms with Gasteiger partial charge in [0, 0.05) is 45.1 Å². The number of anilines is 1. The smallest absolute Gasteiger partial charge is 0.223 e. The van der Waals surface area contributed by atoms with Crippen molar-refractivity contribution in [1.82, 2.24) is 5.32 Å². The molecule has 20 heavy (non-hydrogen) atoms. The zero-order valence-electron chi connectivity index (χ0n) is 11.9. The number of nitrogens with zero attached hydrogens (tertiary/aromatic N) is 1. The zero-order chi connectivity index (χ0) is 14.5. The van der Waals surface area contributed by atoms with E-state index in [1.807, 2.05) is 24.3 Å². The van der Waals surface area contributed by atoms with Crippen molar-refractivity contribution in [2.45, 2.75) is 19.3 Å². The fraction of sp³-hybridized carbons (Fsp3) is 0.467. The molecule has 1 aromatic rings. The number of carbonyl (C=O) groups excluding carboxylic acids is 2. The third-order valence-corrected chi connectivity index (χ3v) is 3.51. The first-order chi connectivity index (χ1) is 9.63. The molecule has 1 aliphatic heterocycles. The van der Waals surface area contributed by atoms with Crippen molar-refractivity contribution in [2.75, 3.05) is 31.7 Å². The summed E-state index contributed by atoms with van der Waals surface area (Å²) in [4.78, 5) is 25.3. The Labute approximate surface area is 118 Å². The third-order valence-electron chi connectivity index (χ3n) is 3.51. The molecule has 1 atom stereocenters. The number of fused-ring (bicyclic) bond motifs is 1. The summed E-state index contributed by atoms with van der Waals surface area (Å²) in [5.41, 5.74) is 2.00. The second-order valence-corrected chi connectivity index (χ2v) is 4.93. The largest absolute Gasteiger partial charge is 0.383 e. The van der Waals surface area contributed by atoms with Crippen LogP contribution in [0.2, 0.25) is 0 Å². The van der Waals surface area contributed by atoms with Crippen LogP contribution in [0.3, 0.4) is 0 Å². The number of ether oxygens (including phenoxy) is 1. The minimum absolute atomic E-state index is 0.00717. The lowest BCUT2D eigenvalue weighted by atomic mass is 9.98. The van der Waals surface area contributed by atoms with Gasteiger partial charge in [0.15, 0.2) is 0 Å². The van der Waals surface area contributed by atoms with E-state index in [0.717, 1.165) is 11.3 Å². The molecule has 0 spiro atoms. The number of carbonyl (C=O) groups is 2. The molecule has 0 saturated carbocycles. The lowest BCUT2D eigenvalue weighted by Gasteiger charge is -2.15. The SMILES string of the molecule is COCCNC(=O)CC1CN(C(C)=O)c2ccccc21. The minimum atomic E-state index is -0.00717. The molecule has 2 amide bonds. The monoisotopic (exact) mass is 276 g/mol. The van der Waals surface area contributed by atoms with Gasteiger partial charge in [0.05, 0.1) is 6.61 Å². The molecule has 1 aromatic carbocycles. The van der Waals surface area contributed by atoms with Gasteiger partial charge in [-0.3, -0.25) is 9.59 Å². The predicted molar refractivity (Wildman–Crippen MR) is 76.7 cm³/mol. The van der Waals surface area contributed by atoms with E-state index in [0.29, 0.717) is 26.1 Å². The average molecular weight is 276 g/mol. The summed E-state index contributed by atoms with van der Waals surface area (Å²) in [5.74, 6) is 0.0737. The van der Waals surface area contributed by atoms with Gasteiger partial charge < -0.3 is 15.0 Å². The lowest BCUT2D eigenvalue weighted by Crippen LogP contribution is -2.31. The van der Waals surface area contributed by atoms with Crippen LogP contribution in [-0.4, -0.2) is 38.6 Å². The highest BCUT2D eigenvalue weighted by molar-refractivity contribution is 5.94. The molecular formula is C15H20N2O3. The van der Waals surface area contributed by atoms with Crippen LogP contribution in [0.1, 0.15) is 24.8 Å². The lowest BCUT2D eigenvalue weighted by molar-refractivity contribution is -0.122. The molecule has 0 bridgehead atoms. The Kier molecular flexibility index (Phi) is 4.74. The fourth-order valence-electron chi connectivity index (χ4n) is 2.56. The summed E-state index contributed by atoms with van der Waals surface area (Å²) < 4.78 is 4.90. The topological polar surface area (TPSA) is 58.6 Å². The van der Waals surface area contributed by atoms with Crippen molar-refractivity contribution in [3.8, 4) is 0 Å². The first kappa shape index (κ1) is 14.5. The molecule has 0 aliphatic carbocycles. The molecule has 2 rings (SSSR count). The van der Waals surface area contributed by atoms with Gasteiger partial charge in [-0.15, -0.1) is 0 Å². The summed E-state index contributed by atoms with van der Waals surface area (Å²) in [6.07, 6.45) is 0.393. The number of rotatable bonds is 5. The van der Waals surface area contributed by atoms with Gasteiger partial charge in [-0.05, 0) is 11.6 Å². The highest BCUT2D eigenvalue weighted by Crippen LogP contribution is 2.37. The molecule has 5 heteroatoms. The van der Waals surface area contributed by atoms with E-state index >= 15 is 0 Å². The second-order valence-electron chi connectivity index (χ2n) is 4.93. The predicted octanol–water partition coefficient (Wildman–Crippen LogP) is 1.29. The third kappa shape index (κ3) is 3.17. The van der Waals surface area contributed by atoms with Gasteiger partial charge in [0.2, 0.25) is 11.8 Å². The van der Waals surface area contributed by atoms with Crippen LogP contribution in [0.5, 0.6) is 0 Å². The van der Waals surface area contributed by atoms with Crippen LogP contribution >= 0.6 is 0 Å². The molecular weight excluding hydrogens is 256 g/mol. The Hall–Kier alpha value is -1.88. The fourth-order valence-corrected chi connectivity index (χ4v) is 2.56.